The molecule has 0 bridgehead atoms. The number of nitrogens with one attached hydrogen (secondary N) is 5. The molecule has 17 heteroatoms. The average molecular weight is 801 g/mol. The van der Waals surface area contributed by atoms with Gasteiger partial charge < -0.3 is 44.7 Å². The number of alkyl carbamates (subject to hydrolysis) is 2. The number of amides is 4. The second kappa shape index (κ2) is 17.9. The molecule has 0 saturated carbocycles. The number of imidazole rings is 2. The molecule has 0 radical (unpaired) electrons. The van der Waals surface area contributed by atoms with Crippen molar-refractivity contribution in [2.75, 3.05) is 27.3 Å². The standard InChI is InChI=1S/C41H49FN8O8/c1-21(2)34(48-40(54)56-5)38(52)43-14-8-7-11-33-44-20-29(46-33)24-18-32-26(17-27(24)42)36(51)25-16-23(12-13-31(25)58-32)28-19-45-37(47-28)30-10-9-15-50(30)39(53)35(22(3)4)49-41(55)57-6/h12-13,16-22,30,34-35H,7-11,14-15H2,1-6H3,(H,43,52)(H,44,46)(H,45,47)(H,48,54)(H,49,55)/t30-,34-,35-/m0/s1. The number of likely N-dealkylation sites (tertiary alicyclic amines) is 1. The third-order valence-corrected chi connectivity index (χ3v) is 10.4. The van der Waals surface area contributed by atoms with Gasteiger partial charge in [-0.1, -0.05) is 27.7 Å². The highest BCUT2D eigenvalue weighted by Gasteiger charge is 2.37. The Hall–Kier alpha value is -6.26. The Bertz CT molecular complexity index is 2370. The Labute approximate surface area is 333 Å². The van der Waals surface area contributed by atoms with E-state index in [-0.39, 0.29) is 51.6 Å². The van der Waals surface area contributed by atoms with Crippen molar-refractivity contribution in [1.82, 2.24) is 40.8 Å². The van der Waals surface area contributed by atoms with Gasteiger partial charge in [0.15, 0.2) is 0 Å². The number of hydrogen-bond acceptors (Lipinski definition) is 10. The number of hydrogen-bond donors (Lipinski definition) is 5. The van der Waals surface area contributed by atoms with Gasteiger partial charge >= 0.3 is 12.2 Å². The van der Waals surface area contributed by atoms with Crippen LogP contribution in [0.3, 0.4) is 0 Å². The van der Waals surface area contributed by atoms with Crippen molar-refractivity contribution >= 4 is 45.9 Å². The third-order valence-electron chi connectivity index (χ3n) is 10.4. The molecule has 4 heterocycles. The van der Waals surface area contributed by atoms with Gasteiger partial charge in [0.25, 0.3) is 0 Å². The zero-order chi connectivity index (χ0) is 41.7. The Morgan fingerprint density at radius 1 is 0.897 bits per heavy atom. The quantitative estimate of drug-likeness (QED) is 0.0680. The number of H-pyrrole nitrogens is 2. The summed E-state index contributed by atoms with van der Waals surface area (Å²) >= 11 is 0. The van der Waals surface area contributed by atoms with Crippen molar-refractivity contribution in [1.29, 1.82) is 0 Å². The summed E-state index contributed by atoms with van der Waals surface area (Å²) in [7, 11) is 2.49. The van der Waals surface area contributed by atoms with E-state index >= 15 is 4.39 Å². The fourth-order valence-corrected chi connectivity index (χ4v) is 7.18. The minimum atomic E-state index is -0.761. The summed E-state index contributed by atoms with van der Waals surface area (Å²) < 4.78 is 31.1. The maximum absolute atomic E-state index is 15.6. The molecule has 1 aliphatic heterocycles. The van der Waals surface area contributed by atoms with Crippen LogP contribution in [-0.2, 0) is 25.5 Å². The highest BCUT2D eigenvalue weighted by atomic mass is 19.1. The van der Waals surface area contributed by atoms with Gasteiger partial charge in [0.2, 0.25) is 17.2 Å². The van der Waals surface area contributed by atoms with E-state index in [9.17, 15) is 24.0 Å². The van der Waals surface area contributed by atoms with Crippen molar-refractivity contribution in [3.05, 3.63) is 70.4 Å². The molecule has 308 valence electrons. The van der Waals surface area contributed by atoms with Crippen LogP contribution in [-0.4, -0.2) is 88.2 Å². The molecule has 3 atom stereocenters. The maximum atomic E-state index is 15.6. The lowest BCUT2D eigenvalue weighted by Gasteiger charge is -2.30. The molecule has 58 heavy (non-hydrogen) atoms. The second-order valence-corrected chi connectivity index (χ2v) is 15.0. The number of rotatable bonds is 14. The number of aromatic amines is 2. The van der Waals surface area contributed by atoms with Crippen molar-refractivity contribution in [2.24, 2.45) is 11.8 Å². The summed E-state index contributed by atoms with van der Waals surface area (Å²) in [5, 5.41) is 8.38. The van der Waals surface area contributed by atoms with Crippen LogP contribution in [0.25, 0.3) is 44.5 Å². The van der Waals surface area contributed by atoms with Crippen molar-refractivity contribution < 1.29 is 37.5 Å². The highest BCUT2D eigenvalue weighted by Crippen LogP contribution is 2.34. The van der Waals surface area contributed by atoms with E-state index in [4.69, 9.17) is 9.15 Å². The number of ether oxygens (including phenoxy) is 2. The van der Waals surface area contributed by atoms with E-state index < -0.39 is 35.5 Å². The number of carbonyl (C=O) groups is 4. The van der Waals surface area contributed by atoms with Gasteiger partial charge in [-0.3, -0.25) is 14.4 Å². The molecule has 5 aromatic rings. The second-order valence-electron chi connectivity index (χ2n) is 15.0. The number of methoxy groups -OCH3 is 2. The number of nitrogens with zero attached hydrogens (tertiary/aromatic N) is 3. The molecule has 1 saturated heterocycles. The van der Waals surface area contributed by atoms with Crippen molar-refractivity contribution in [2.45, 2.75) is 77.9 Å². The molecule has 0 aliphatic carbocycles. The number of carbonyl (C=O) groups excluding carboxylic acids is 4. The minimum Gasteiger partial charge on any atom is -0.456 e. The van der Waals surface area contributed by atoms with E-state index in [0.29, 0.717) is 73.0 Å². The molecule has 5 N–H and O–H groups in total. The zero-order valence-electron chi connectivity index (χ0n) is 33.4. The first-order valence-corrected chi connectivity index (χ1v) is 19.4. The summed E-state index contributed by atoms with van der Waals surface area (Å²) in [6.45, 7) is 8.27. The Morgan fingerprint density at radius 2 is 1.59 bits per heavy atom. The van der Waals surface area contributed by atoms with Gasteiger partial charge in [0.05, 0.1) is 54.8 Å². The first-order valence-electron chi connectivity index (χ1n) is 19.4. The van der Waals surface area contributed by atoms with Crippen LogP contribution in [0.15, 0.2) is 51.9 Å². The fourth-order valence-electron chi connectivity index (χ4n) is 7.18. The van der Waals surface area contributed by atoms with Crippen molar-refractivity contribution in [3.8, 4) is 22.5 Å². The summed E-state index contributed by atoms with van der Waals surface area (Å²) in [5.41, 5.74) is 2.03. The topological polar surface area (TPSA) is 214 Å². The van der Waals surface area contributed by atoms with Crippen LogP contribution in [0.2, 0.25) is 0 Å². The molecule has 6 rings (SSSR count). The lowest BCUT2D eigenvalue weighted by atomic mass is 10.0. The average Bonchev–Trinajstić information content (AvgIpc) is 4.00. The number of aromatic nitrogens is 4. The van der Waals surface area contributed by atoms with Crippen LogP contribution < -0.4 is 21.4 Å². The molecule has 1 fully saturated rings. The first kappa shape index (κ1) is 41.4. The first-order chi connectivity index (χ1) is 27.8. The summed E-state index contributed by atoms with van der Waals surface area (Å²) in [6.07, 6.45) is 5.14. The monoisotopic (exact) mass is 800 g/mol. The lowest BCUT2D eigenvalue weighted by Crippen LogP contribution is -2.51. The Morgan fingerprint density at radius 3 is 2.29 bits per heavy atom. The van der Waals surface area contributed by atoms with E-state index in [0.717, 1.165) is 6.42 Å². The third kappa shape index (κ3) is 8.98. The van der Waals surface area contributed by atoms with Gasteiger partial charge in [0.1, 0.15) is 40.7 Å². The molecule has 2 aromatic carbocycles. The van der Waals surface area contributed by atoms with Gasteiger partial charge in [0, 0.05) is 30.6 Å². The van der Waals surface area contributed by atoms with E-state index in [2.05, 4.69) is 40.6 Å². The van der Waals surface area contributed by atoms with Gasteiger partial charge in [-0.25, -0.2) is 23.9 Å². The smallest absolute Gasteiger partial charge is 0.407 e. The highest BCUT2D eigenvalue weighted by molar-refractivity contribution is 5.93. The van der Waals surface area contributed by atoms with E-state index in [1.807, 2.05) is 27.7 Å². The summed E-state index contributed by atoms with van der Waals surface area (Å²) in [4.78, 5) is 80.6. The van der Waals surface area contributed by atoms with Gasteiger partial charge in [-0.05, 0) is 67.9 Å². The van der Waals surface area contributed by atoms with Crippen LogP contribution in [0.1, 0.15) is 71.1 Å². The number of fused-ring (bicyclic) bond motifs is 2. The van der Waals surface area contributed by atoms with Crippen LogP contribution >= 0.6 is 0 Å². The summed E-state index contributed by atoms with van der Waals surface area (Å²) in [6, 6.07) is 5.99. The SMILES string of the molecule is COC(=O)N[C@H](C(=O)NCCCCc1ncc(-c2cc3oc4ccc(-c5cnc([C@@H]6CCCN6C(=O)[C@@H](NC(=O)OC)C(C)C)[nH]5)cc4c(=O)c3cc2F)[nH]1)C(C)C. The molecular formula is C41H49FN8O8. The molecule has 1 aliphatic rings. The predicted octanol–water partition coefficient (Wildman–Crippen LogP) is 5.73. The Balaban J connectivity index is 1.13. The van der Waals surface area contributed by atoms with E-state index in [1.54, 1.807) is 29.3 Å². The maximum Gasteiger partial charge on any atom is 0.407 e. The predicted molar refractivity (Wildman–Crippen MR) is 213 cm³/mol. The van der Waals surface area contributed by atoms with Gasteiger partial charge in [-0.2, -0.15) is 0 Å². The van der Waals surface area contributed by atoms with E-state index in [1.165, 1.54) is 32.5 Å². The number of unbranched alkanes of at least 4 members (excludes halogenated alkanes) is 1. The van der Waals surface area contributed by atoms with Crippen LogP contribution in [0.5, 0.6) is 0 Å². The molecule has 0 unspecified atom stereocenters. The summed E-state index contributed by atoms with van der Waals surface area (Å²) in [5.74, 6) is -0.221. The molecule has 16 nitrogen and oxygen atoms in total. The minimum absolute atomic E-state index is 0.0832. The normalized spacial score (nSPS) is 15.2. The van der Waals surface area contributed by atoms with Crippen LogP contribution in [0.4, 0.5) is 14.0 Å². The molecular weight excluding hydrogens is 751 g/mol. The van der Waals surface area contributed by atoms with Gasteiger partial charge in [-0.15, -0.1) is 0 Å². The fraction of sp³-hybridized carbons (Fsp3) is 0.439. The molecule has 4 amide bonds. The molecule has 3 aromatic heterocycles. The number of halogens is 1. The lowest BCUT2D eigenvalue weighted by molar-refractivity contribution is -0.135. The number of aryl methyl sites for hydroxylation is 1. The Kier molecular flexibility index (Phi) is 12.8. The number of benzene rings is 2. The van der Waals surface area contributed by atoms with Crippen molar-refractivity contribution in [3.63, 3.8) is 0 Å². The largest absolute Gasteiger partial charge is 0.456 e. The molecule has 0 spiro atoms. The zero-order valence-corrected chi connectivity index (χ0v) is 33.4. The van der Waals surface area contributed by atoms with Crippen LogP contribution in [0, 0.1) is 17.7 Å².